The van der Waals surface area contributed by atoms with Crippen LogP contribution in [0.25, 0.3) is 11.0 Å². The lowest BCUT2D eigenvalue weighted by molar-refractivity contribution is 0.0938. The molecule has 0 unspecified atom stereocenters. The van der Waals surface area contributed by atoms with Gasteiger partial charge in [0.15, 0.2) is 0 Å². The second kappa shape index (κ2) is 8.88. The summed E-state index contributed by atoms with van der Waals surface area (Å²) in [6.07, 6.45) is 6.27. The van der Waals surface area contributed by atoms with E-state index >= 15 is 0 Å². The van der Waals surface area contributed by atoms with Crippen molar-refractivity contribution in [3.05, 3.63) is 30.1 Å². The van der Waals surface area contributed by atoms with Crippen LogP contribution in [-0.2, 0) is 6.54 Å². The Morgan fingerprint density at radius 1 is 1.22 bits per heavy atom. The summed E-state index contributed by atoms with van der Waals surface area (Å²) in [4.78, 5) is 28.5. The van der Waals surface area contributed by atoms with E-state index in [-0.39, 0.29) is 11.9 Å². The third kappa shape index (κ3) is 5.21. The van der Waals surface area contributed by atoms with Crippen LogP contribution in [0.4, 0.5) is 4.79 Å². The van der Waals surface area contributed by atoms with Crippen LogP contribution >= 0.6 is 0 Å². The number of hydrogen-bond donors (Lipinski definition) is 3. The van der Waals surface area contributed by atoms with E-state index in [0.717, 1.165) is 23.9 Å². The van der Waals surface area contributed by atoms with Crippen LogP contribution in [0.3, 0.4) is 0 Å². The van der Waals surface area contributed by atoms with Crippen molar-refractivity contribution in [2.45, 2.75) is 52.1 Å². The van der Waals surface area contributed by atoms with E-state index in [0.29, 0.717) is 37.2 Å². The number of aromatic nitrogens is 2. The molecule has 146 valence electrons. The lowest BCUT2D eigenvalue weighted by atomic mass is 10.1. The Bertz CT molecular complexity index is 793. The predicted molar refractivity (Wildman–Crippen MR) is 106 cm³/mol. The fourth-order valence-electron chi connectivity index (χ4n) is 3.37. The van der Waals surface area contributed by atoms with Gasteiger partial charge in [-0.3, -0.25) is 4.79 Å². The van der Waals surface area contributed by atoms with E-state index in [1.54, 1.807) is 6.33 Å². The number of hydrogen-bond acceptors (Lipinski definition) is 3. The van der Waals surface area contributed by atoms with Crippen molar-refractivity contribution in [2.75, 3.05) is 13.1 Å². The molecule has 0 bridgehead atoms. The third-order valence-electron chi connectivity index (χ3n) is 4.88. The number of carbonyl (C=O) groups excluding carboxylic acids is 2. The van der Waals surface area contributed by atoms with Crippen molar-refractivity contribution in [2.24, 2.45) is 5.92 Å². The largest absolute Gasteiger partial charge is 0.349 e. The molecule has 1 heterocycles. The summed E-state index contributed by atoms with van der Waals surface area (Å²) < 4.78 is 1.98. The number of benzene rings is 1. The van der Waals surface area contributed by atoms with Gasteiger partial charge in [0.05, 0.1) is 17.4 Å². The molecule has 1 aromatic heterocycles. The minimum atomic E-state index is -0.154. The van der Waals surface area contributed by atoms with Gasteiger partial charge in [-0.2, -0.15) is 0 Å². The zero-order valence-corrected chi connectivity index (χ0v) is 16.1. The Balaban J connectivity index is 1.55. The summed E-state index contributed by atoms with van der Waals surface area (Å²) in [5.74, 6) is 0.398. The molecule has 0 spiro atoms. The highest BCUT2D eigenvalue weighted by Crippen LogP contribution is 2.19. The first-order valence-electron chi connectivity index (χ1n) is 9.80. The molecule has 1 aromatic carbocycles. The molecule has 7 nitrogen and oxygen atoms in total. The van der Waals surface area contributed by atoms with Crippen LogP contribution in [0, 0.1) is 5.92 Å². The molecule has 1 aliphatic rings. The van der Waals surface area contributed by atoms with Crippen LogP contribution in [0.5, 0.6) is 0 Å². The Morgan fingerprint density at radius 2 is 2.00 bits per heavy atom. The summed E-state index contributed by atoms with van der Waals surface area (Å²) in [7, 11) is 0. The van der Waals surface area contributed by atoms with Gasteiger partial charge in [-0.25, -0.2) is 9.78 Å². The molecule has 1 saturated carbocycles. The van der Waals surface area contributed by atoms with Crippen LogP contribution < -0.4 is 16.0 Å². The van der Waals surface area contributed by atoms with Crippen LogP contribution in [0.1, 0.15) is 49.9 Å². The average Bonchev–Trinajstić information content (AvgIpc) is 3.29. The van der Waals surface area contributed by atoms with Gasteiger partial charge < -0.3 is 20.5 Å². The standard InChI is InChI=1S/C20H29N5O2/c1-14(2)12-22-20(27)21-9-10-25-13-23-17-11-15(7-8-18(17)25)19(26)24-16-5-3-4-6-16/h7-8,11,13-14,16H,3-6,9-10,12H2,1-2H3,(H,24,26)(H2,21,22,27). The van der Waals surface area contributed by atoms with Gasteiger partial charge in [-0.05, 0) is 37.0 Å². The fourth-order valence-corrected chi connectivity index (χ4v) is 3.37. The zero-order valence-electron chi connectivity index (χ0n) is 16.1. The van der Waals surface area contributed by atoms with Gasteiger partial charge >= 0.3 is 6.03 Å². The molecule has 3 N–H and O–H groups in total. The Labute approximate surface area is 159 Å². The van der Waals surface area contributed by atoms with E-state index in [4.69, 9.17) is 0 Å². The van der Waals surface area contributed by atoms with Gasteiger partial charge in [0.1, 0.15) is 0 Å². The fraction of sp³-hybridized carbons (Fsp3) is 0.550. The smallest absolute Gasteiger partial charge is 0.314 e. The molecule has 0 radical (unpaired) electrons. The van der Waals surface area contributed by atoms with Gasteiger partial charge in [0, 0.05) is 31.2 Å². The molecule has 2 aromatic rings. The number of urea groups is 1. The van der Waals surface area contributed by atoms with Crippen molar-refractivity contribution in [1.82, 2.24) is 25.5 Å². The lowest BCUT2D eigenvalue weighted by Crippen LogP contribution is -2.38. The molecule has 3 amide bonds. The van der Waals surface area contributed by atoms with Crippen molar-refractivity contribution in [3.8, 4) is 0 Å². The topological polar surface area (TPSA) is 88.1 Å². The summed E-state index contributed by atoms with van der Waals surface area (Å²) in [6, 6.07) is 5.75. The van der Waals surface area contributed by atoms with Crippen molar-refractivity contribution < 1.29 is 9.59 Å². The van der Waals surface area contributed by atoms with E-state index in [1.165, 1.54) is 12.8 Å². The normalized spacial score (nSPS) is 14.6. The van der Waals surface area contributed by atoms with Gasteiger partial charge in [0.2, 0.25) is 0 Å². The molecule has 1 fully saturated rings. The molecule has 0 atom stereocenters. The maximum atomic E-state index is 12.4. The lowest BCUT2D eigenvalue weighted by Gasteiger charge is -2.12. The summed E-state index contributed by atoms with van der Waals surface area (Å²) in [5, 5.41) is 8.78. The number of amides is 3. The minimum Gasteiger partial charge on any atom is -0.349 e. The van der Waals surface area contributed by atoms with Gasteiger partial charge in [0.25, 0.3) is 5.91 Å². The molecule has 0 aliphatic heterocycles. The van der Waals surface area contributed by atoms with E-state index in [2.05, 4.69) is 34.8 Å². The molecule has 27 heavy (non-hydrogen) atoms. The predicted octanol–water partition coefficient (Wildman–Crippen LogP) is 2.66. The number of fused-ring (bicyclic) bond motifs is 1. The van der Waals surface area contributed by atoms with Crippen LogP contribution in [-0.4, -0.2) is 40.6 Å². The van der Waals surface area contributed by atoms with Crippen molar-refractivity contribution in [3.63, 3.8) is 0 Å². The first kappa shape index (κ1) is 19.2. The number of rotatable bonds is 7. The highest BCUT2D eigenvalue weighted by atomic mass is 16.2. The van der Waals surface area contributed by atoms with E-state index < -0.39 is 0 Å². The highest BCUT2D eigenvalue weighted by Gasteiger charge is 2.18. The SMILES string of the molecule is CC(C)CNC(=O)NCCn1cnc2cc(C(=O)NC3CCCC3)ccc21. The van der Waals surface area contributed by atoms with Crippen molar-refractivity contribution >= 4 is 23.0 Å². The molecular formula is C20H29N5O2. The monoisotopic (exact) mass is 371 g/mol. The van der Waals surface area contributed by atoms with Crippen LogP contribution in [0.2, 0.25) is 0 Å². The van der Waals surface area contributed by atoms with Crippen LogP contribution in [0.15, 0.2) is 24.5 Å². The van der Waals surface area contributed by atoms with Gasteiger partial charge in [-0.15, -0.1) is 0 Å². The Kier molecular flexibility index (Phi) is 6.32. The molecule has 0 saturated heterocycles. The number of nitrogens with one attached hydrogen (secondary N) is 3. The Morgan fingerprint density at radius 3 is 2.74 bits per heavy atom. The maximum absolute atomic E-state index is 12.4. The molecular weight excluding hydrogens is 342 g/mol. The molecule has 7 heteroatoms. The van der Waals surface area contributed by atoms with Gasteiger partial charge in [-0.1, -0.05) is 26.7 Å². The quantitative estimate of drug-likeness (QED) is 0.699. The number of carbonyl (C=O) groups is 2. The number of nitrogens with zero attached hydrogens (tertiary/aromatic N) is 2. The summed E-state index contributed by atoms with van der Waals surface area (Å²) in [6.45, 7) is 5.91. The molecule has 1 aliphatic carbocycles. The first-order valence-corrected chi connectivity index (χ1v) is 9.80. The highest BCUT2D eigenvalue weighted by molar-refractivity contribution is 5.97. The maximum Gasteiger partial charge on any atom is 0.314 e. The summed E-state index contributed by atoms with van der Waals surface area (Å²) in [5.41, 5.74) is 2.39. The first-order chi connectivity index (χ1) is 13.0. The van der Waals surface area contributed by atoms with Crippen molar-refractivity contribution in [1.29, 1.82) is 0 Å². The second-order valence-electron chi connectivity index (χ2n) is 7.63. The second-order valence-corrected chi connectivity index (χ2v) is 7.63. The van der Waals surface area contributed by atoms with E-state index in [1.807, 2.05) is 22.8 Å². The molecule has 3 rings (SSSR count). The van der Waals surface area contributed by atoms with E-state index in [9.17, 15) is 9.59 Å². The third-order valence-corrected chi connectivity index (χ3v) is 4.88. The summed E-state index contributed by atoms with van der Waals surface area (Å²) >= 11 is 0. The minimum absolute atomic E-state index is 0.0261. The zero-order chi connectivity index (χ0) is 19.2. The average molecular weight is 371 g/mol. The number of imidazole rings is 1. The Hall–Kier alpha value is -2.57.